The highest BCUT2D eigenvalue weighted by Gasteiger charge is 2.22. The van der Waals surface area contributed by atoms with Crippen molar-refractivity contribution in [3.8, 4) is 0 Å². The lowest BCUT2D eigenvalue weighted by Gasteiger charge is -2.34. The highest BCUT2D eigenvalue weighted by molar-refractivity contribution is 7.13. The monoisotopic (exact) mass is 414 g/mol. The summed E-state index contributed by atoms with van der Waals surface area (Å²) in [4.78, 5) is 31.1. The number of aromatic nitrogens is 1. The van der Waals surface area contributed by atoms with E-state index in [-0.39, 0.29) is 18.2 Å². The third kappa shape index (κ3) is 7.25. The Hall–Kier alpha value is -2.25. The van der Waals surface area contributed by atoms with Crippen LogP contribution in [0.1, 0.15) is 37.9 Å². The van der Waals surface area contributed by atoms with Crippen LogP contribution in [0.3, 0.4) is 0 Å². The van der Waals surface area contributed by atoms with Crippen LogP contribution in [0.25, 0.3) is 0 Å². The zero-order valence-electron chi connectivity index (χ0n) is 17.2. The molecule has 1 aromatic carbocycles. The van der Waals surface area contributed by atoms with Crippen molar-refractivity contribution in [3.63, 3.8) is 0 Å². The second kappa shape index (κ2) is 10.5. The number of hydrogen-bond acceptors (Lipinski definition) is 5. The van der Waals surface area contributed by atoms with Gasteiger partial charge in [0.05, 0.1) is 12.1 Å². The molecule has 2 N–H and O–H groups in total. The number of carbonyl (C=O) groups excluding carboxylic acids is 2. The smallest absolute Gasteiger partial charge is 0.227 e. The van der Waals surface area contributed by atoms with Crippen molar-refractivity contribution in [3.05, 3.63) is 47.0 Å². The number of likely N-dealkylation sites (tertiary alicyclic amines) is 1. The summed E-state index contributed by atoms with van der Waals surface area (Å²) >= 11 is 1.45. The Balaban J connectivity index is 1.37. The summed E-state index contributed by atoms with van der Waals surface area (Å²) in [5, 5.41) is 8.27. The van der Waals surface area contributed by atoms with E-state index < -0.39 is 0 Å². The van der Waals surface area contributed by atoms with Crippen LogP contribution in [0, 0.1) is 11.8 Å². The zero-order valence-corrected chi connectivity index (χ0v) is 18.0. The number of amides is 2. The molecule has 7 heteroatoms. The van der Waals surface area contributed by atoms with E-state index in [2.05, 4.69) is 34.4 Å². The molecule has 1 saturated heterocycles. The molecule has 2 amide bonds. The highest BCUT2D eigenvalue weighted by Crippen LogP contribution is 2.24. The van der Waals surface area contributed by atoms with E-state index in [0.717, 1.165) is 30.9 Å². The number of carbonyl (C=O) groups is 2. The largest absolute Gasteiger partial charge is 0.355 e. The summed E-state index contributed by atoms with van der Waals surface area (Å²) < 4.78 is 0. The van der Waals surface area contributed by atoms with E-state index in [0.29, 0.717) is 29.9 Å². The quantitative estimate of drug-likeness (QED) is 0.695. The summed E-state index contributed by atoms with van der Waals surface area (Å²) in [7, 11) is 0. The Morgan fingerprint density at radius 2 is 1.86 bits per heavy atom. The number of nitrogens with zero attached hydrogens (tertiary/aromatic N) is 2. The van der Waals surface area contributed by atoms with Gasteiger partial charge in [0.15, 0.2) is 5.13 Å². The van der Waals surface area contributed by atoms with Gasteiger partial charge in [-0.1, -0.05) is 44.2 Å². The minimum atomic E-state index is -0.133. The molecule has 1 aliphatic rings. The third-order valence-electron chi connectivity index (χ3n) is 5.01. The Kier molecular flexibility index (Phi) is 7.77. The average molecular weight is 415 g/mol. The molecule has 1 aromatic heterocycles. The number of piperidine rings is 1. The van der Waals surface area contributed by atoms with Gasteiger partial charge in [-0.25, -0.2) is 4.98 Å². The molecule has 0 bridgehead atoms. The SMILES string of the molecule is C[C@@H]1C[C@H](C)CN(Cc2csc(NC(=O)CCNC(=O)Cc3ccccc3)n2)C1. The first-order valence-electron chi connectivity index (χ1n) is 10.2. The first kappa shape index (κ1) is 21.5. The van der Waals surface area contributed by atoms with Gasteiger partial charge in [0, 0.05) is 38.0 Å². The molecule has 156 valence electrons. The molecule has 1 aliphatic heterocycles. The van der Waals surface area contributed by atoms with Crippen LogP contribution in [0.2, 0.25) is 0 Å². The van der Waals surface area contributed by atoms with E-state index >= 15 is 0 Å². The van der Waals surface area contributed by atoms with Crippen molar-refractivity contribution >= 4 is 28.3 Å². The van der Waals surface area contributed by atoms with Crippen LogP contribution in [0.4, 0.5) is 5.13 Å². The summed E-state index contributed by atoms with van der Waals surface area (Å²) in [6.45, 7) is 7.95. The van der Waals surface area contributed by atoms with Crippen LogP contribution in [-0.2, 0) is 22.6 Å². The van der Waals surface area contributed by atoms with Crippen molar-refractivity contribution in [2.75, 3.05) is 25.0 Å². The molecule has 0 saturated carbocycles. The maximum absolute atomic E-state index is 12.1. The predicted molar refractivity (Wildman–Crippen MR) is 117 cm³/mol. The average Bonchev–Trinajstić information content (AvgIpc) is 3.08. The Morgan fingerprint density at radius 1 is 1.14 bits per heavy atom. The summed E-state index contributed by atoms with van der Waals surface area (Å²) in [5.41, 5.74) is 1.96. The zero-order chi connectivity index (χ0) is 20.6. The van der Waals surface area contributed by atoms with E-state index in [1.54, 1.807) is 0 Å². The molecular weight excluding hydrogens is 384 g/mol. The number of rotatable bonds is 8. The van der Waals surface area contributed by atoms with E-state index in [4.69, 9.17) is 0 Å². The first-order chi connectivity index (χ1) is 14.0. The lowest BCUT2D eigenvalue weighted by molar-refractivity contribution is -0.120. The molecule has 0 unspecified atom stereocenters. The van der Waals surface area contributed by atoms with Crippen LogP contribution < -0.4 is 10.6 Å². The van der Waals surface area contributed by atoms with Gasteiger partial charge in [-0.15, -0.1) is 11.3 Å². The van der Waals surface area contributed by atoms with Gasteiger partial charge in [-0.05, 0) is 23.8 Å². The molecule has 0 spiro atoms. The minimum Gasteiger partial charge on any atom is -0.355 e. The van der Waals surface area contributed by atoms with Gasteiger partial charge >= 0.3 is 0 Å². The fourth-order valence-corrected chi connectivity index (χ4v) is 4.65. The Bertz CT molecular complexity index is 798. The molecule has 1 fully saturated rings. The third-order valence-corrected chi connectivity index (χ3v) is 5.82. The van der Waals surface area contributed by atoms with Gasteiger partial charge in [-0.2, -0.15) is 0 Å². The van der Waals surface area contributed by atoms with E-state index in [9.17, 15) is 9.59 Å². The molecule has 2 aromatic rings. The van der Waals surface area contributed by atoms with E-state index in [1.165, 1.54) is 17.8 Å². The predicted octanol–water partition coefficient (Wildman–Crippen LogP) is 3.31. The first-order valence-corrected chi connectivity index (χ1v) is 11.1. The number of nitrogens with one attached hydrogen (secondary N) is 2. The second-order valence-corrected chi connectivity index (χ2v) is 8.95. The van der Waals surface area contributed by atoms with Crippen LogP contribution >= 0.6 is 11.3 Å². The summed E-state index contributed by atoms with van der Waals surface area (Å²) in [6, 6.07) is 9.56. The Morgan fingerprint density at radius 3 is 2.59 bits per heavy atom. The topological polar surface area (TPSA) is 74.3 Å². The summed E-state index contributed by atoms with van der Waals surface area (Å²) in [6.07, 6.45) is 1.85. The molecule has 0 aliphatic carbocycles. The molecular formula is C22H30N4O2S. The number of anilines is 1. The maximum Gasteiger partial charge on any atom is 0.227 e. The molecule has 29 heavy (non-hydrogen) atoms. The number of thiazole rings is 1. The van der Waals surface area contributed by atoms with Crippen LogP contribution in [0.5, 0.6) is 0 Å². The fraction of sp³-hybridized carbons (Fsp3) is 0.500. The minimum absolute atomic E-state index is 0.0782. The van der Waals surface area contributed by atoms with E-state index in [1.807, 2.05) is 35.7 Å². The van der Waals surface area contributed by atoms with Crippen LogP contribution in [-0.4, -0.2) is 41.3 Å². The second-order valence-electron chi connectivity index (χ2n) is 8.09. The highest BCUT2D eigenvalue weighted by atomic mass is 32.1. The standard InChI is InChI=1S/C22H30N4O2S/c1-16-10-17(2)13-26(12-16)14-19-15-29-22(24-19)25-20(27)8-9-23-21(28)11-18-6-4-3-5-7-18/h3-7,15-17H,8-14H2,1-2H3,(H,23,28)(H,24,25,27)/t16-,17+. The molecule has 2 heterocycles. The Labute approximate surface area is 176 Å². The number of hydrogen-bond donors (Lipinski definition) is 2. The summed E-state index contributed by atoms with van der Waals surface area (Å²) in [5.74, 6) is 1.22. The molecule has 3 rings (SSSR count). The van der Waals surface area contributed by atoms with Crippen LogP contribution in [0.15, 0.2) is 35.7 Å². The molecule has 0 radical (unpaired) electrons. The van der Waals surface area contributed by atoms with Gasteiger partial charge in [0.25, 0.3) is 0 Å². The van der Waals surface area contributed by atoms with Crippen molar-refractivity contribution in [1.82, 2.24) is 15.2 Å². The lowest BCUT2D eigenvalue weighted by atomic mass is 9.92. The van der Waals surface area contributed by atoms with Crippen molar-refractivity contribution < 1.29 is 9.59 Å². The van der Waals surface area contributed by atoms with Gasteiger partial charge < -0.3 is 10.6 Å². The van der Waals surface area contributed by atoms with Crippen molar-refractivity contribution in [1.29, 1.82) is 0 Å². The van der Waals surface area contributed by atoms with Crippen molar-refractivity contribution in [2.24, 2.45) is 11.8 Å². The van der Waals surface area contributed by atoms with Crippen molar-refractivity contribution in [2.45, 2.75) is 39.7 Å². The fourth-order valence-electron chi connectivity index (χ4n) is 3.93. The van der Waals surface area contributed by atoms with Gasteiger partial charge in [0.1, 0.15) is 0 Å². The molecule has 6 nitrogen and oxygen atoms in total. The lowest BCUT2D eigenvalue weighted by Crippen LogP contribution is -2.38. The van der Waals surface area contributed by atoms with Gasteiger partial charge in [0.2, 0.25) is 11.8 Å². The molecule has 2 atom stereocenters. The van der Waals surface area contributed by atoms with Gasteiger partial charge in [-0.3, -0.25) is 14.5 Å². The normalized spacial score (nSPS) is 19.7. The maximum atomic E-state index is 12.1. The number of benzene rings is 1.